The number of Topliss-reactive ketones (excluding diaryl/α,β-unsaturated/α-hetero) is 1. The lowest BCUT2D eigenvalue weighted by Crippen LogP contribution is -2.29. The lowest BCUT2D eigenvalue weighted by molar-refractivity contribution is -0.132. The Kier molecular flexibility index (Phi) is 5.37. The Hall–Kier alpha value is -3.66. The minimum Gasteiger partial charge on any atom is -0.507 e. The summed E-state index contributed by atoms with van der Waals surface area (Å²) in [5.74, 6) is -1.38. The van der Waals surface area contributed by atoms with Gasteiger partial charge in [-0.1, -0.05) is 54.1 Å². The largest absolute Gasteiger partial charge is 0.507 e. The fraction of sp³-hybridized carbons (Fsp3) is 0.241. The maximum absolute atomic E-state index is 13.3. The van der Waals surface area contributed by atoms with Gasteiger partial charge in [-0.05, 0) is 80.0 Å². The normalized spacial score (nSPS) is 19.6. The van der Waals surface area contributed by atoms with Crippen LogP contribution in [0.1, 0.15) is 52.3 Å². The van der Waals surface area contributed by atoms with E-state index in [0.29, 0.717) is 11.3 Å². The minimum absolute atomic E-state index is 0.108. The quantitative estimate of drug-likeness (QED) is 0.320. The molecule has 1 unspecified atom stereocenters. The van der Waals surface area contributed by atoms with E-state index in [1.807, 2.05) is 80.6 Å². The van der Waals surface area contributed by atoms with Crippen molar-refractivity contribution in [3.63, 3.8) is 0 Å². The number of aliphatic hydroxyl groups is 1. The van der Waals surface area contributed by atoms with Crippen molar-refractivity contribution < 1.29 is 14.7 Å². The van der Waals surface area contributed by atoms with Crippen LogP contribution in [0, 0.1) is 13.8 Å². The maximum atomic E-state index is 13.3. The smallest absolute Gasteiger partial charge is 0.300 e. The first-order valence-corrected chi connectivity index (χ1v) is 11.5. The Labute approximate surface area is 194 Å². The number of rotatable bonds is 3. The molecule has 5 rings (SSSR count). The first kappa shape index (κ1) is 21.2. The lowest BCUT2D eigenvalue weighted by Gasteiger charge is -2.26. The van der Waals surface area contributed by atoms with Crippen LogP contribution in [0.15, 0.2) is 72.3 Å². The molecule has 0 aromatic heterocycles. The molecule has 3 aromatic rings. The Morgan fingerprint density at radius 1 is 0.848 bits per heavy atom. The molecule has 1 atom stereocenters. The van der Waals surface area contributed by atoms with Crippen molar-refractivity contribution in [1.82, 2.24) is 0 Å². The van der Waals surface area contributed by atoms with Crippen molar-refractivity contribution in [2.45, 2.75) is 45.6 Å². The topological polar surface area (TPSA) is 57.6 Å². The monoisotopic (exact) mass is 437 g/mol. The van der Waals surface area contributed by atoms with E-state index in [-0.39, 0.29) is 11.3 Å². The number of fused-ring (bicyclic) bond motifs is 1. The number of aliphatic hydroxyl groups excluding tert-OH is 1. The lowest BCUT2D eigenvalue weighted by atomic mass is 9.88. The fourth-order valence-electron chi connectivity index (χ4n) is 5.07. The molecular weight excluding hydrogens is 410 g/mol. The van der Waals surface area contributed by atoms with Gasteiger partial charge in [0.25, 0.3) is 11.7 Å². The number of nitrogens with zero attached hydrogens (tertiary/aromatic N) is 1. The fourth-order valence-corrected chi connectivity index (χ4v) is 5.07. The number of amides is 1. The predicted molar refractivity (Wildman–Crippen MR) is 130 cm³/mol. The molecule has 1 fully saturated rings. The highest BCUT2D eigenvalue weighted by atomic mass is 16.3. The number of benzene rings is 3. The van der Waals surface area contributed by atoms with Crippen LogP contribution in [-0.2, 0) is 22.4 Å². The second kappa shape index (κ2) is 8.36. The molecule has 1 amide bonds. The Morgan fingerprint density at radius 3 is 2.27 bits per heavy atom. The number of hydrogen-bond donors (Lipinski definition) is 1. The number of anilines is 1. The number of aryl methyl sites for hydroxylation is 4. The molecule has 166 valence electrons. The van der Waals surface area contributed by atoms with Gasteiger partial charge in [-0.3, -0.25) is 14.5 Å². The van der Waals surface area contributed by atoms with E-state index in [1.54, 1.807) is 0 Å². The zero-order valence-corrected chi connectivity index (χ0v) is 19.0. The van der Waals surface area contributed by atoms with Crippen molar-refractivity contribution in [2.75, 3.05) is 4.90 Å². The summed E-state index contributed by atoms with van der Waals surface area (Å²) in [5, 5.41) is 11.4. The zero-order valence-electron chi connectivity index (χ0n) is 19.0. The van der Waals surface area contributed by atoms with Crippen LogP contribution in [0.5, 0.6) is 0 Å². The Morgan fingerprint density at radius 2 is 1.55 bits per heavy atom. The third kappa shape index (κ3) is 3.76. The number of hydrogen-bond acceptors (Lipinski definition) is 3. The van der Waals surface area contributed by atoms with Gasteiger partial charge in [0.05, 0.1) is 11.6 Å². The average molecular weight is 438 g/mol. The first-order valence-electron chi connectivity index (χ1n) is 11.5. The third-order valence-corrected chi connectivity index (χ3v) is 6.70. The second-order valence-electron chi connectivity index (χ2n) is 9.11. The van der Waals surface area contributed by atoms with Gasteiger partial charge in [0.1, 0.15) is 5.76 Å². The number of ketones is 1. The van der Waals surface area contributed by atoms with Gasteiger partial charge in [-0.25, -0.2) is 0 Å². The van der Waals surface area contributed by atoms with Crippen molar-refractivity contribution in [1.29, 1.82) is 0 Å². The summed E-state index contributed by atoms with van der Waals surface area (Å²) < 4.78 is 0. The van der Waals surface area contributed by atoms with E-state index in [2.05, 4.69) is 0 Å². The summed E-state index contributed by atoms with van der Waals surface area (Å²) in [5.41, 5.74) is 6.71. The van der Waals surface area contributed by atoms with Crippen molar-refractivity contribution >= 4 is 23.1 Å². The molecule has 4 nitrogen and oxygen atoms in total. The minimum atomic E-state index is -0.692. The summed E-state index contributed by atoms with van der Waals surface area (Å²) in [6.45, 7) is 3.93. The van der Waals surface area contributed by atoms with Gasteiger partial charge in [0, 0.05) is 11.3 Å². The molecule has 2 aliphatic rings. The highest BCUT2D eigenvalue weighted by Gasteiger charge is 2.47. The van der Waals surface area contributed by atoms with Crippen molar-refractivity contribution in [3.8, 4) is 0 Å². The molecule has 1 aliphatic heterocycles. The van der Waals surface area contributed by atoms with Gasteiger partial charge in [0.2, 0.25) is 0 Å². The molecule has 0 spiro atoms. The molecule has 1 heterocycles. The van der Waals surface area contributed by atoms with E-state index in [4.69, 9.17) is 0 Å². The van der Waals surface area contributed by atoms with E-state index in [1.165, 1.54) is 22.4 Å². The van der Waals surface area contributed by atoms with Crippen LogP contribution in [0.4, 0.5) is 5.69 Å². The highest BCUT2D eigenvalue weighted by molar-refractivity contribution is 6.51. The summed E-state index contributed by atoms with van der Waals surface area (Å²) in [4.78, 5) is 28.2. The summed E-state index contributed by atoms with van der Waals surface area (Å²) in [6.07, 6.45) is 4.30. The molecule has 1 saturated heterocycles. The summed E-state index contributed by atoms with van der Waals surface area (Å²) >= 11 is 0. The average Bonchev–Trinajstić information content (AvgIpc) is 3.09. The number of carbonyl (C=O) groups is 2. The van der Waals surface area contributed by atoms with Gasteiger partial charge in [-0.15, -0.1) is 0 Å². The zero-order chi connectivity index (χ0) is 23.1. The molecule has 33 heavy (non-hydrogen) atoms. The Bertz CT molecular complexity index is 1300. The number of carbonyl (C=O) groups excluding carboxylic acids is 2. The molecule has 4 heteroatoms. The summed E-state index contributed by atoms with van der Waals surface area (Å²) in [6, 6.07) is 20.5. The first-order chi connectivity index (χ1) is 15.9. The van der Waals surface area contributed by atoms with E-state index in [9.17, 15) is 14.7 Å². The van der Waals surface area contributed by atoms with Crippen LogP contribution in [0.2, 0.25) is 0 Å². The molecule has 0 bridgehead atoms. The molecule has 3 aromatic carbocycles. The van der Waals surface area contributed by atoms with Crippen molar-refractivity contribution in [3.05, 3.63) is 106 Å². The molecule has 1 N–H and O–H groups in total. The Balaban J connectivity index is 1.71. The van der Waals surface area contributed by atoms with Crippen LogP contribution < -0.4 is 4.90 Å². The second-order valence-corrected chi connectivity index (χ2v) is 9.11. The van der Waals surface area contributed by atoms with Crippen LogP contribution in [-0.4, -0.2) is 16.8 Å². The SMILES string of the molecule is Cc1cccc(C2/C(=C(/O)c3ccc4c(c3)CCCC4)C(=O)C(=O)N2c2cccc(C)c2)c1. The van der Waals surface area contributed by atoms with E-state index < -0.39 is 17.7 Å². The molecular formula is C29H27NO3. The molecule has 0 saturated carbocycles. The third-order valence-electron chi connectivity index (χ3n) is 6.70. The van der Waals surface area contributed by atoms with Crippen LogP contribution in [0.3, 0.4) is 0 Å². The van der Waals surface area contributed by atoms with Gasteiger partial charge >= 0.3 is 0 Å². The maximum Gasteiger partial charge on any atom is 0.300 e. The van der Waals surface area contributed by atoms with E-state index >= 15 is 0 Å². The molecule has 0 radical (unpaired) electrons. The van der Waals surface area contributed by atoms with Gasteiger partial charge < -0.3 is 5.11 Å². The standard InChI is InChI=1S/C29H27NO3/c1-18-7-5-11-22(15-18)26-25(27(31)23-14-13-20-9-3-4-10-21(20)17-23)28(32)29(33)30(26)24-12-6-8-19(2)16-24/h5-8,11-17,26,31H,3-4,9-10H2,1-2H3/b27-25-. The predicted octanol–water partition coefficient (Wildman–Crippen LogP) is 5.81. The van der Waals surface area contributed by atoms with Gasteiger partial charge in [-0.2, -0.15) is 0 Å². The van der Waals surface area contributed by atoms with Crippen LogP contribution >= 0.6 is 0 Å². The van der Waals surface area contributed by atoms with Crippen molar-refractivity contribution in [2.24, 2.45) is 0 Å². The van der Waals surface area contributed by atoms with Crippen LogP contribution in [0.25, 0.3) is 5.76 Å². The summed E-state index contributed by atoms with van der Waals surface area (Å²) in [7, 11) is 0. The van der Waals surface area contributed by atoms with Gasteiger partial charge in [0.15, 0.2) is 0 Å². The molecule has 1 aliphatic carbocycles. The van der Waals surface area contributed by atoms with E-state index in [0.717, 1.165) is 36.0 Å². The highest BCUT2D eigenvalue weighted by Crippen LogP contribution is 2.42.